The first-order chi connectivity index (χ1) is 10.2. The zero-order chi connectivity index (χ0) is 14.8. The van der Waals surface area contributed by atoms with Crippen molar-refractivity contribution in [1.29, 1.82) is 5.26 Å². The summed E-state index contributed by atoms with van der Waals surface area (Å²) in [5.74, 6) is 0. The van der Waals surface area contributed by atoms with Gasteiger partial charge >= 0.3 is 0 Å². The quantitative estimate of drug-likeness (QED) is 0.796. The minimum atomic E-state index is 0.232. The number of nitrogen functional groups attached to an aromatic ring is 1. The Morgan fingerprint density at radius 3 is 2.90 bits per heavy atom. The zero-order valence-electron chi connectivity index (χ0n) is 11.6. The van der Waals surface area contributed by atoms with Crippen molar-refractivity contribution in [3.63, 3.8) is 0 Å². The number of benzene rings is 2. The number of nitriles is 1. The molecule has 0 aromatic heterocycles. The molecule has 3 rings (SSSR count). The summed E-state index contributed by atoms with van der Waals surface area (Å²) in [4.78, 5) is 0. The Morgan fingerprint density at radius 1 is 1.24 bits per heavy atom. The van der Waals surface area contributed by atoms with Crippen LogP contribution in [0, 0.1) is 11.3 Å². The van der Waals surface area contributed by atoms with E-state index in [1.54, 1.807) is 0 Å². The summed E-state index contributed by atoms with van der Waals surface area (Å²) in [7, 11) is 0. The summed E-state index contributed by atoms with van der Waals surface area (Å²) in [6.07, 6.45) is 3.26. The molecule has 0 saturated carbocycles. The van der Waals surface area contributed by atoms with Crippen molar-refractivity contribution in [3.05, 3.63) is 57.6 Å². The molecule has 1 aliphatic carbocycles. The molecule has 0 radical (unpaired) electrons. The van der Waals surface area contributed by atoms with Crippen LogP contribution in [0.25, 0.3) is 0 Å². The number of fused-ring (bicyclic) bond motifs is 1. The van der Waals surface area contributed by atoms with Crippen molar-refractivity contribution >= 4 is 27.3 Å². The van der Waals surface area contributed by atoms with Gasteiger partial charge in [-0.2, -0.15) is 5.26 Å². The van der Waals surface area contributed by atoms with Crippen LogP contribution in [0.5, 0.6) is 0 Å². The summed E-state index contributed by atoms with van der Waals surface area (Å²) < 4.78 is 0.970. The normalized spacial score (nSPS) is 16.9. The lowest BCUT2D eigenvalue weighted by Gasteiger charge is -2.28. The average Bonchev–Trinajstić information content (AvgIpc) is 2.47. The molecule has 0 spiro atoms. The van der Waals surface area contributed by atoms with E-state index in [0.717, 1.165) is 35.1 Å². The minimum Gasteiger partial charge on any atom is -0.399 e. The number of nitrogens with zero attached hydrogens (tertiary/aromatic N) is 1. The van der Waals surface area contributed by atoms with Gasteiger partial charge in [0.25, 0.3) is 0 Å². The second-order valence-electron chi connectivity index (χ2n) is 5.35. The van der Waals surface area contributed by atoms with Crippen molar-refractivity contribution in [2.45, 2.75) is 25.3 Å². The maximum atomic E-state index is 9.25. The zero-order valence-corrected chi connectivity index (χ0v) is 13.2. The van der Waals surface area contributed by atoms with Gasteiger partial charge in [0.2, 0.25) is 0 Å². The van der Waals surface area contributed by atoms with Crippen LogP contribution in [-0.4, -0.2) is 0 Å². The minimum absolute atomic E-state index is 0.232. The lowest BCUT2D eigenvalue weighted by atomic mass is 9.87. The molecule has 4 heteroatoms. The maximum Gasteiger partial charge on any atom is 0.101 e. The lowest BCUT2D eigenvalue weighted by Crippen LogP contribution is -2.18. The molecule has 0 heterocycles. The van der Waals surface area contributed by atoms with Crippen LogP contribution in [0.2, 0.25) is 0 Å². The third kappa shape index (κ3) is 2.88. The van der Waals surface area contributed by atoms with Crippen LogP contribution in [-0.2, 0) is 6.42 Å². The Balaban J connectivity index is 1.94. The number of hydrogen-bond donors (Lipinski definition) is 2. The number of aryl methyl sites for hydroxylation is 1. The highest BCUT2D eigenvalue weighted by atomic mass is 79.9. The number of anilines is 2. The van der Waals surface area contributed by atoms with Gasteiger partial charge in [-0.3, -0.25) is 0 Å². The molecule has 1 aliphatic rings. The van der Waals surface area contributed by atoms with E-state index in [0.29, 0.717) is 5.56 Å². The molecule has 3 N–H and O–H groups in total. The molecule has 2 aromatic rings. The summed E-state index contributed by atoms with van der Waals surface area (Å²) in [6, 6.07) is 14.3. The van der Waals surface area contributed by atoms with Gasteiger partial charge in [0.05, 0.1) is 17.3 Å². The molecule has 21 heavy (non-hydrogen) atoms. The third-order valence-electron chi connectivity index (χ3n) is 3.91. The summed E-state index contributed by atoms with van der Waals surface area (Å²) in [5, 5.41) is 12.8. The Hall–Kier alpha value is -1.99. The number of nitrogens with one attached hydrogen (secondary N) is 1. The molecule has 0 fully saturated rings. The van der Waals surface area contributed by atoms with Crippen LogP contribution in [0.15, 0.2) is 40.9 Å². The number of hydrogen-bond acceptors (Lipinski definition) is 3. The van der Waals surface area contributed by atoms with Gasteiger partial charge < -0.3 is 11.1 Å². The molecule has 2 aromatic carbocycles. The second-order valence-corrected chi connectivity index (χ2v) is 6.26. The van der Waals surface area contributed by atoms with Crippen molar-refractivity contribution in [2.24, 2.45) is 0 Å². The maximum absolute atomic E-state index is 9.25. The molecular weight excluding hydrogens is 326 g/mol. The van der Waals surface area contributed by atoms with Gasteiger partial charge in [0.1, 0.15) is 6.07 Å². The Labute approximate surface area is 132 Å². The van der Waals surface area contributed by atoms with Crippen molar-refractivity contribution < 1.29 is 0 Å². The Kier molecular flexibility index (Phi) is 3.85. The topological polar surface area (TPSA) is 61.8 Å². The fourth-order valence-electron chi connectivity index (χ4n) is 2.91. The van der Waals surface area contributed by atoms with E-state index >= 15 is 0 Å². The highest BCUT2D eigenvalue weighted by Gasteiger charge is 2.21. The molecule has 1 unspecified atom stereocenters. The van der Waals surface area contributed by atoms with Crippen molar-refractivity contribution in [2.75, 3.05) is 11.1 Å². The monoisotopic (exact) mass is 341 g/mol. The van der Waals surface area contributed by atoms with E-state index in [4.69, 9.17) is 5.73 Å². The van der Waals surface area contributed by atoms with Crippen molar-refractivity contribution in [1.82, 2.24) is 0 Å². The highest BCUT2D eigenvalue weighted by molar-refractivity contribution is 9.10. The lowest BCUT2D eigenvalue weighted by molar-refractivity contribution is 0.600. The van der Waals surface area contributed by atoms with Crippen molar-refractivity contribution in [3.8, 4) is 6.07 Å². The average molecular weight is 342 g/mol. The van der Waals surface area contributed by atoms with E-state index in [1.165, 1.54) is 11.1 Å². The van der Waals surface area contributed by atoms with Crippen LogP contribution < -0.4 is 11.1 Å². The van der Waals surface area contributed by atoms with Gasteiger partial charge in [0, 0.05) is 10.2 Å². The molecule has 0 saturated heterocycles. The van der Waals surface area contributed by atoms with E-state index in [1.807, 2.05) is 24.3 Å². The largest absolute Gasteiger partial charge is 0.399 e. The fourth-order valence-corrected chi connectivity index (χ4v) is 3.27. The van der Waals surface area contributed by atoms with Crippen LogP contribution >= 0.6 is 15.9 Å². The fraction of sp³-hybridized carbons (Fsp3) is 0.235. The SMILES string of the molecule is N#Cc1ccc(Br)cc1NC1CCCc2cc(N)ccc21. The molecule has 0 bridgehead atoms. The highest BCUT2D eigenvalue weighted by Crippen LogP contribution is 2.34. The van der Waals surface area contributed by atoms with E-state index in [2.05, 4.69) is 39.4 Å². The van der Waals surface area contributed by atoms with Gasteiger partial charge in [-0.25, -0.2) is 0 Å². The summed E-state index contributed by atoms with van der Waals surface area (Å²) in [6.45, 7) is 0. The molecule has 3 nitrogen and oxygen atoms in total. The van der Waals surface area contributed by atoms with Crippen LogP contribution in [0.1, 0.15) is 35.6 Å². The van der Waals surface area contributed by atoms with Crippen LogP contribution in [0.3, 0.4) is 0 Å². The first-order valence-corrected chi connectivity index (χ1v) is 7.81. The molecule has 106 valence electrons. The molecular formula is C17H16BrN3. The summed E-state index contributed by atoms with van der Waals surface area (Å²) in [5.41, 5.74) is 10.8. The van der Waals surface area contributed by atoms with E-state index in [9.17, 15) is 5.26 Å². The van der Waals surface area contributed by atoms with Gasteiger partial charge in [-0.15, -0.1) is 0 Å². The van der Waals surface area contributed by atoms with Gasteiger partial charge in [0.15, 0.2) is 0 Å². The smallest absolute Gasteiger partial charge is 0.101 e. The summed E-state index contributed by atoms with van der Waals surface area (Å²) >= 11 is 3.47. The Bertz CT molecular complexity index is 718. The first kappa shape index (κ1) is 14.0. The van der Waals surface area contributed by atoms with Crippen LogP contribution in [0.4, 0.5) is 11.4 Å². The third-order valence-corrected chi connectivity index (χ3v) is 4.41. The standard InChI is InChI=1S/C17H16BrN3/c18-13-5-4-12(10-19)17(9-13)21-16-3-1-2-11-8-14(20)6-7-15(11)16/h4-9,16,21H,1-3,20H2. The molecule has 1 atom stereocenters. The van der Waals surface area contributed by atoms with E-state index in [-0.39, 0.29) is 6.04 Å². The molecule has 0 amide bonds. The predicted octanol–water partition coefficient (Wildman–Crippen LogP) is 4.39. The number of nitrogens with two attached hydrogens (primary N) is 1. The Morgan fingerprint density at radius 2 is 2.10 bits per heavy atom. The second kappa shape index (κ2) is 5.79. The number of halogens is 1. The number of rotatable bonds is 2. The first-order valence-electron chi connectivity index (χ1n) is 7.02. The predicted molar refractivity (Wildman–Crippen MR) is 89.0 cm³/mol. The van der Waals surface area contributed by atoms with Gasteiger partial charge in [-0.1, -0.05) is 22.0 Å². The van der Waals surface area contributed by atoms with Gasteiger partial charge in [-0.05, 0) is 60.7 Å². The van der Waals surface area contributed by atoms with E-state index < -0.39 is 0 Å². The molecule has 0 aliphatic heterocycles.